The molecule has 178 valence electrons. The molecule has 0 aliphatic carbocycles. The molecular weight excluding hydrogens is 434 g/mol. The lowest BCUT2D eigenvalue weighted by Crippen LogP contribution is -2.61. The van der Waals surface area contributed by atoms with Crippen LogP contribution in [0.15, 0.2) is 17.1 Å². The zero-order chi connectivity index (χ0) is 24.0. The first-order chi connectivity index (χ1) is 15.0. The van der Waals surface area contributed by atoms with Gasteiger partial charge in [0.1, 0.15) is 18.3 Å². The summed E-state index contributed by atoms with van der Waals surface area (Å²) in [7, 11) is 0. The van der Waals surface area contributed by atoms with Gasteiger partial charge in [0.15, 0.2) is 23.6 Å². The molecule has 0 spiro atoms. The van der Waals surface area contributed by atoms with Crippen LogP contribution in [-0.4, -0.2) is 92.4 Å². The number of carboxylic acids is 1. The number of hydrogen-bond donors (Lipinski definition) is 8. The van der Waals surface area contributed by atoms with E-state index in [0.29, 0.717) is 19.4 Å². The van der Waals surface area contributed by atoms with Crippen molar-refractivity contribution >= 4 is 17.9 Å². The van der Waals surface area contributed by atoms with E-state index in [1.165, 1.54) is 0 Å². The third kappa shape index (κ3) is 6.10. The van der Waals surface area contributed by atoms with Crippen molar-refractivity contribution < 1.29 is 54.4 Å². The van der Waals surface area contributed by atoms with Crippen molar-refractivity contribution in [3.63, 3.8) is 0 Å². The summed E-state index contributed by atoms with van der Waals surface area (Å²) in [6, 6.07) is 1.82. The number of carbonyl (C=O) groups excluding carboxylic acids is 1. The van der Waals surface area contributed by atoms with E-state index in [9.17, 15) is 35.1 Å². The standard InChI is InChI=1S/C18H25N3O11/c19-18(20)21-3-1-2-4-30-16(29)7-5-8(22)13(9(23)6-7)31-17-12(26)10(24)11(25)14(32-17)15(27)28/h5-6,10-12,14,17,22-26H,1-4H2,(H,27,28)(H4,19,20,21)/t10-,11-,12+,14-,17-/m0/s1. The number of ether oxygens (including phenoxy) is 3. The topological polar surface area (TPSA) is 248 Å². The van der Waals surface area contributed by atoms with Gasteiger partial charge >= 0.3 is 11.9 Å². The minimum absolute atomic E-state index is 0.0253. The van der Waals surface area contributed by atoms with Gasteiger partial charge < -0.3 is 56.3 Å². The van der Waals surface area contributed by atoms with Crippen LogP contribution in [-0.2, 0) is 14.3 Å². The average Bonchev–Trinajstić information content (AvgIpc) is 2.72. The molecular formula is C18H25N3O11. The second-order valence-corrected chi connectivity index (χ2v) is 6.85. The zero-order valence-electron chi connectivity index (χ0n) is 16.7. The molecule has 0 aromatic heterocycles. The van der Waals surface area contributed by atoms with Crippen LogP contribution in [0.1, 0.15) is 23.2 Å². The number of benzene rings is 1. The number of nitrogens with two attached hydrogens (primary N) is 2. The Kier molecular flexibility index (Phi) is 8.42. The first kappa shape index (κ1) is 24.9. The summed E-state index contributed by atoms with van der Waals surface area (Å²) in [5.74, 6) is -4.72. The van der Waals surface area contributed by atoms with Gasteiger partial charge in [0, 0.05) is 6.54 Å². The summed E-state index contributed by atoms with van der Waals surface area (Å²) in [5, 5.41) is 58.7. The largest absolute Gasteiger partial charge is 0.504 e. The molecule has 1 aliphatic heterocycles. The molecule has 5 atom stereocenters. The average molecular weight is 459 g/mol. The number of rotatable bonds is 9. The van der Waals surface area contributed by atoms with Gasteiger partial charge in [-0.15, -0.1) is 0 Å². The number of aliphatic hydroxyl groups excluding tert-OH is 3. The van der Waals surface area contributed by atoms with Crippen LogP contribution in [0.2, 0.25) is 0 Å². The van der Waals surface area contributed by atoms with Gasteiger partial charge in [0.05, 0.1) is 12.2 Å². The van der Waals surface area contributed by atoms with Gasteiger partial charge in [0.2, 0.25) is 12.0 Å². The number of guanidine groups is 1. The molecule has 1 aromatic rings. The van der Waals surface area contributed by atoms with Crippen molar-refractivity contribution in [2.45, 2.75) is 43.5 Å². The van der Waals surface area contributed by atoms with Gasteiger partial charge in [-0.05, 0) is 25.0 Å². The SMILES string of the molecule is NC(N)=NCCCCOC(=O)c1cc(O)c(O[C@H]2O[C@H](C(=O)O)[C@@H](O)[C@H](O)[C@H]2O)c(O)c1. The van der Waals surface area contributed by atoms with Gasteiger partial charge in [-0.2, -0.15) is 0 Å². The van der Waals surface area contributed by atoms with Crippen LogP contribution >= 0.6 is 0 Å². The third-order valence-corrected chi connectivity index (χ3v) is 4.41. The molecule has 0 radical (unpaired) electrons. The molecule has 1 saturated heterocycles. The normalized spacial score (nSPS) is 25.0. The van der Waals surface area contributed by atoms with Crippen LogP contribution in [0, 0.1) is 0 Å². The minimum Gasteiger partial charge on any atom is -0.504 e. The Morgan fingerprint density at radius 2 is 1.66 bits per heavy atom. The van der Waals surface area contributed by atoms with E-state index >= 15 is 0 Å². The summed E-state index contributed by atoms with van der Waals surface area (Å²) >= 11 is 0. The number of hydrogen-bond acceptors (Lipinski definition) is 11. The maximum Gasteiger partial charge on any atom is 0.338 e. The lowest BCUT2D eigenvalue weighted by atomic mass is 9.99. The molecule has 1 aromatic carbocycles. The Balaban J connectivity index is 2.03. The van der Waals surface area contributed by atoms with Crippen LogP contribution in [0.25, 0.3) is 0 Å². The van der Waals surface area contributed by atoms with Crippen molar-refractivity contribution in [2.24, 2.45) is 16.5 Å². The molecule has 0 bridgehead atoms. The van der Waals surface area contributed by atoms with Crippen molar-refractivity contribution in [2.75, 3.05) is 13.2 Å². The summed E-state index contributed by atoms with van der Waals surface area (Å²) in [4.78, 5) is 27.0. The van der Waals surface area contributed by atoms with Crippen LogP contribution in [0.3, 0.4) is 0 Å². The molecule has 0 amide bonds. The van der Waals surface area contributed by atoms with E-state index in [1.807, 2.05) is 0 Å². The Morgan fingerprint density at radius 3 is 2.22 bits per heavy atom. The fourth-order valence-corrected chi connectivity index (χ4v) is 2.77. The lowest BCUT2D eigenvalue weighted by Gasteiger charge is -2.38. The maximum atomic E-state index is 12.1. The van der Waals surface area contributed by atoms with Crippen molar-refractivity contribution in [1.29, 1.82) is 0 Å². The molecule has 0 unspecified atom stereocenters. The van der Waals surface area contributed by atoms with E-state index < -0.39 is 59.9 Å². The predicted molar refractivity (Wildman–Crippen MR) is 105 cm³/mol. The van der Waals surface area contributed by atoms with Crippen molar-refractivity contribution in [1.82, 2.24) is 0 Å². The summed E-state index contributed by atoms with van der Waals surface area (Å²) in [5.41, 5.74) is 10.1. The molecule has 1 heterocycles. The third-order valence-electron chi connectivity index (χ3n) is 4.41. The highest BCUT2D eigenvalue weighted by Crippen LogP contribution is 2.39. The van der Waals surface area contributed by atoms with Crippen molar-refractivity contribution in [3.05, 3.63) is 17.7 Å². The highest BCUT2D eigenvalue weighted by atomic mass is 16.7. The number of carboxylic acid groups (broad SMARTS) is 1. The maximum absolute atomic E-state index is 12.1. The minimum atomic E-state index is -1.94. The fraction of sp³-hybridized carbons (Fsp3) is 0.500. The van der Waals surface area contributed by atoms with Crippen LogP contribution < -0.4 is 16.2 Å². The van der Waals surface area contributed by atoms with E-state index in [4.69, 9.17) is 30.8 Å². The molecule has 1 aliphatic rings. The van der Waals surface area contributed by atoms with Gasteiger partial charge in [-0.3, -0.25) is 4.99 Å². The highest BCUT2D eigenvalue weighted by molar-refractivity contribution is 5.91. The Bertz CT molecular complexity index is 836. The molecule has 0 saturated carbocycles. The second kappa shape index (κ2) is 10.8. The second-order valence-electron chi connectivity index (χ2n) is 6.85. The first-order valence-corrected chi connectivity index (χ1v) is 9.40. The Hall–Kier alpha value is -3.33. The number of esters is 1. The number of nitrogens with zero attached hydrogens (tertiary/aromatic N) is 1. The lowest BCUT2D eigenvalue weighted by molar-refractivity contribution is -0.271. The number of aliphatic imine (C=N–C) groups is 1. The Labute approximate surface area is 181 Å². The molecule has 14 nitrogen and oxygen atoms in total. The summed E-state index contributed by atoms with van der Waals surface area (Å²) < 4.78 is 15.0. The van der Waals surface area contributed by atoms with E-state index in [-0.39, 0.29) is 18.1 Å². The first-order valence-electron chi connectivity index (χ1n) is 9.40. The predicted octanol–water partition coefficient (Wildman–Crippen LogP) is -2.42. The van der Waals surface area contributed by atoms with Crippen LogP contribution in [0.5, 0.6) is 17.2 Å². The fourth-order valence-electron chi connectivity index (χ4n) is 2.77. The Morgan fingerprint density at radius 1 is 1.03 bits per heavy atom. The number of aliphatic carboxylic acids is 1. The summed E-state index contributed by atoms with van der Waals surface area (Å²) in [6.45, 7) is 0.383. The molecule has 1 fully saturated rings. The number of aliphatic hydroxyl groups is 3. The number of phenolic OH excluding ortho intramolecular Hbond substituents is 2. The molecule has 32 heavy (non-hydrogen) atoms. The number of aromatic hydroxyl groups is 2. The molecule has 10 N–H and O–H groups in total. The quantitative estimate of drug-likeness (QED) is 0.0829. The van der Waals surface area contributed by atoms with E-state index in [1.54, 1.807) is 0 Å². The van der Waals surface area contributed by atoms with Crippen molar-refractivity contribution in [3.8, 4) is 17.2 Å². The molecule has 14 heteroatoms. The number of phenols is 2. The highest BCUT2D eigenvalue weighted by Gasteiger charge is 2.48. The van der Waals surface area contributed by atoms with Gasteiger partial charge in [-0.1, -0.05) is 0 Å². The zero-order valence-corrected chi connectivity index (χ0v) is 16.7. The smallest absolute Gasteiger partial charge is 0.338 e. The van der Waals surface area contributed by atoms with Gasteiger partial charge in [-0.25, -0.2) is 9.59 Å². The number of unbranched alkanes of at least 4 members (excludes halogenated alkanes) is 1. The number of carbonyl (C=O) groups is 2. The van der Waals surface area contributed by atoms with Gasteiger partial charge in [0.25, 0.3) is 0 Å². The summed E-state index contributed by atoms with van der Waals surface area (Å²) in [6.07, 6.45) is -8.60. The molecule has 2 rings (SSSR count). The van der Waals surface area contributed by atoms with E-state index in [2.05, 4.69) is 4.99 Å². The monoisotopic (exact) mass is 459 g/mol. The van der Waals surface area contributed by atoms with Crippen LogP contribution in [0.4, 0.5) is 0 Å². The van der Waals surface area contributed by atoms with E-state index in [0.717, 1.165) is 12.1 Å².